The van der Waals surface area contributed by atoms with Crippen LogP contribution >= 0.6 is 11.6 Å². The second-order valence-electron chi connectivity index (χ2n) is 9.87. The highest BCUT2D eigenvalue weighted by Gasteiger charge is 2.53. The van der Waals surface area contributed by atoms with Crippen LogP contribution in [0.5, 0.6) is 0 Å². The molecular formula is C28H30ClN5O3. The fraction of sp³-hybridized carbons (Fsp3) is 0.357. The molecule has 37 heavy (non-hydrogen) atoms. The van der Waals surface area contributed by atoms with Crippen LogP contribution in [-0.4, -0.2) is 50.3 Å². The number of amides is 3. The summed E-state index contributed by atoms with van der Waals surface area (Å²) >= 11 is 6.25. The van der Waals surface area contributed by atoms with Gasteiger partial charge in [-0.3, -0.25) is 14.4 Å². The summed E-state index contributed by atoms with van der Waals surface area (Å²) in [6.45, 7) is 2.72. The molecule has 3 amide bonds. The van der Waals surface area contributed by atoms with Gasteiger partial charge in [0.25, 0.3) is 11.8 Å². The first-order valence-electron chi connectivity index (χ1n) is 12.6. The molecule has 1 fully saturated rings. The van der Waals surface area contributed by atoms with Gasteiger partial charge in [-0.2, -0.15) is 0 Å². The van der Waals surface area contributed by atoms with E-state index in [4.69, 9.17) is 11.6 Å². The van der Waals surface area contributed by atoms with Crippen molar-refractivity contribution in [3.05, 3.63) is 88.5 Å². The van der Waals surface area contributed by atoms with Gasteiger partial charge in [0, 0.05) is 24.2 Å². The average Bonchev–Trinajstić information content (AvgIpc) is 3.64. The van der Waals surface area contributed by atoms with Crippen LogP contribution in [0, 0.1) is 0 Å². The molecule has 1 aliphatic heterocycles. The van der Waals surface area contributed by atoms with Crippen LogP contribution in [0.15, 0.2) is 60.9 Å². The fourth-order valence-electron chi connectivity index (χ4n) is 4.95. The summed E-state index contributed by atoms with van der Waals surface area (Å²) in [7, 11) is 0. The topological polar surface area (TPSA) is 96.3 Å². The maximum Gasteiger partial charge on any atom is 0.274 e. The minimum atomic E-state index is -1.11. The SMILES string of the molecule is C[C@@]1(C(=O)NCc2ccccc2Cl)Cn2cnc(C(=O)NCCCc3ccccc3)c2C(=O)N1C1CC1. The van der Waals surface area contributed by atoms with E-state index in [1.165, 1.54) is 11.9 Å². The number of carbonyl (C=O) groups excluding carboxylic acids is 3. The number of aromatic nitrogens is 2. The van der Waals surface area contributed by atoms with Crippen molar-refractivity contribution < 1.29 is 14.4 Å². The lowest BCUT2D eigenvalue weighted by Crippen LogP contribution is -2.64. The third-order valence-electron chi connectivity index (χ3n) is 7.05. The lowest BCUT2D eigenvalue weighted by Gasteiger charge is -2.44. The van der Waals surface area contributed by atoms with Crippen molar-refractivity contribution in [2.24, 2.45) is 0 Å². The molecule has 2 aromatic carbocycles. The molecule has 2 heterocycles. The highest BCUT2D eigenvalue weighted by molar-refractivity contribution is 6.31. The summed E-state index contributed by atoms with van der Waals surface area (Å²) < 4.78 is 1.63. The predicted octanol–water partition coefficient (Wildman–Crippen LogP) is 3.59. The standard InChI is InChI=1S/C28H30ClN5O3/c1-28(27(37)31-16-20-11-5-6-12-22(20)29)17-33-18-32-23(24(33)26(36)34(28)21-13-14-21)25(35)30-15-7-10-19-8-3-2-4-9-19/h2-6,8-9,11-12,18,21H,7,10,13-17H2,1H3,(H,30,35)(H,31,37)/t28-/m0/s1. The normalized spacial score (nSPS) is 18.9. The minimum absolute atomic E-state index is 0.0333. The Bertz CT molecular complexity index is 1320. The van der Waals surface area contributed by atoms with E-state index in [0.717, 1.165) is 31.2 Å². The maximum absolute atomic E-state index is 13.7. The predicted molar refractivity (Wildman–Crippen MR) is 140 cm³/mol. The van der Waals surface area contributed by atoms with Gasteiger partial charge in [-0.1, -0.05) is 60.1 Å². The Morgan fingerprint density at radius 2 is 1.81 bits per heavy atom. The zero-order valence-electron chi connectivity index (χ0n) is 20.7. The summed E-state index contributed by atoms with van der Waals surface area (Å²) in [5, 5.41) is 6.43. The second-order valence-corrected chi connectivity index (χ2v) is 10.3. The smallest absolute Gasteiger partial charge is 0.274 e. The lowest BCUT2D eigenvalue weighted by molar-refractivity contribution is -0.133. The average molecular weight is 520 g/mol. The number of hydrogen-bond acceptors (Lipinski definition) is 4. The Hall–Kier alpha value is -3.65. The molecule has 3 aromatic rings. The summed E-state index contributed by atoms with van der Waals surface area (Å²) in [5.41, 5.74) is 1.24. The molecule has 0 bridgehead atoms. The molecule has 0 unspecified atom stereocenters. The molecule has 1 aliphatic carbocycles. The number of rotatable bonds is 9. The number of fused-ring (bicyclic) bond motifs is 1. The van der Waals surface area contributed by atoms with Crippen molar-refractivity contribution in [2.75, 3.05) is 6.54 Å². The zero-order chi connectivity index (χ0) is 26.0. The second kappa shape index (κ2) is 10.4. The van der Waals surface area contributed by atoms with Gasteiger partial charge in [-0.25, -0.2) is 4.98 Å². The quantitative estimate of drug-likeness (QED) is 0.422. The summed E-state index contributed by atoms with van der Waals surface area (Å²) in [5.74, 6) is -0.979. The summed E-state index contributed by atoms with van der Waals surface area (Å²) in [6.07, 6.45) is 4.76. The van der Waals surface area contributed by atoms with Crippen LogP contribution in [0.25, 0.3) is 0 Å². The van der Waals surface area contributed by atoms with Gasteiger partial charge in [0.15, 0.2) is 5.69 Å². The van der Waals surface area contributed by atoms with Gasteiger partial charge < -0.3 is 20.1 Å². The molecule has 2 N–H and O–H groups in total. The van der Waals surface area contributed by atoms with Crippen molar-refractivity contribution in [1.82, 2.24) is 25.1 Å². The van der Waals surface area contributed by atoms with E-state index < -0.39 is 5.54 Å². The Morgan fingerprint density at radius 3 is 2.54 bits per heavy atom. The molecule has 1 aromatic heterocycles. The number of benzene rings is 2. The van der Waals surface area contributed by atoms with Gasteiger partial charge in [0.1, 0.15) is 11.2 Å². The highest BCUT2D eigenvalue weighted by Crippen LogP contribution is 2.39. The van der Waals surface area contributed by atoms with Crippen molar-refractivity contribution in [3.8, 4) is 0 Å². The fourth-order valence-corrected chi connectivity index (χ4v) is 5.15. The summed E-state index contributed by atoms with van der Waals surface area (Å²) in [6, 6.07) is 17.4. The first kappa shape index (κ1) is 25.0. The molecule has 1 saturated carbocycles. The Labute approximate surface area is 221 Å². The van der Waals surface area contributed by atoms with Gasteiger partial charge in [0.2, 0.25) is 5.91 Å². The Balaban J connectivity index is 1.29. The van der Waals surface area contributed by atoms with Crippen molar-refractivity contribution in [1.29, 1.82) is 0 Å². The van der Waals surface area contributed by atoms with Gasteiger partial charge in [-0.15, -0.1) is 0 Å². The van der Waals surface area contributed by atoms with Gasteiger partial charge in [-0.05, 0) is 49.8 Å². The van der Waals surface area contributed by atoms with Crippen LogP contribution in [0.4, 0.5) is 0 Å². The zero-order valence-corrected chi connectivity index (χ0v) is 21.5. The van der Waals surface area contributed by atoms with E-state index in [2.05, 4.69) is 27.8 Å². The van der Waals surface area contributed by atoms with E-state index >= 15 is 0 Å². The third kappa shape index (κ3) is 5.11. The number of hydrogen-bond donors (Lipinski definition) is 2. The molecule has 8 nitrogen and oxygen atoms in total. The summed E-state index contributed by atoms with van der Waals surface area (Å²) in [4.78, 5) is 46.1. The first-order valence-corrected chi connectivity index (χ1v) is 13.0. The van der Waals surface area contributed by atoms with Crippen molar-refractivity contribution in [3.63, 3.8) is 0 Å². The number of aryl methyl sites for hydroxylation is 1. The Morgan fingerprint density at radius 1 is 1.08 bits per heavy atom. The minimum Gasteiger partial charge on any atom is -0.351 e. The maximum atomic E-state index is 13.7. The van der Waals surface area contributed by atoms with Gasteiger partial charge >= 0.3 is 0 Å². The van der Waals surface area contributed by atoms with Crippen LogP contribution in [0.3, 0.4) is 0 Å². The van der Waals surface area contributed by atoms with Crippen LogP contribution < -0.4 is 10.6 Å². The molecule has 9 heteroatoms. The monoisotopic (exact) mass is 519 g/mol. The molecule has 0 spiro atoms. The molecule has 2 aliphatic rings. The largest absolute Gasteiger partial charge is 0.351 e. The highest BCUT2D eigenvalue weighted by atomic mass is 35.5. The molecule has 192 valence electrons. The molecule has 1 atom stereocenters. The van der Waals surface area contributed by atoms with Crippen molar-refractivity contribution >= 4 is 29.3 Å². The molecule has 0 radical (unpaired) electrons. The van der Waals surface area contributed by atoms with E-state index in [0.29, 0.717) is 11.6 Å². The molecular weight excluding hydrogens is 490 g/mol. The lowest BCUT2D eigenvalue weighted by atomic mass is 9.93. The van der Waals surface area contributed by atoms with Crippen LogP contribution in [0.1, 0.15) is 58.3 Å². The Kier molecular flexibility index (Phi) is 7.02. The number of halogens is 1. The van der Waals surface area contributed by atoms with Crippen molar-refractivity contribution in [2.45, 2.75) is 57.3 Å². The van der Waals surface area contributed by atoms with E-state index in [-0.39, 0.29) is 48.2 Å². The van der Waals surface area contributed by atoms with Crippen LogP contribution in [0.2, 0.25) is 5.02 Å². The van der Waals surface area contributed by atoms with E-state index in [9.17, 15) is 14.4 Å². The third-order valence-corrected chi connectivity index (χ3v) is 7.42. The van der Waals surface area contributed by atoms with E-state index in [1.807, 2.05) is 36.4 Å². The van der Waals surface area contributed by atoms with Gasteiger partial charge in [0.05, 0.1) is 12.9 Å². The van der Waals surface area contributed by atoms with E-state index in [1.54, 1.807) is 22.5 Å². The first-order chi connectivity index (χ1) is 17.9. The number of nitrogens with one attached hydrogen (secondary N) is 2. The number of carbonyl (C=O) groups is 3. The number of nitrogens with zero attached hydrogens (tertiary/aromatic N) is 3. The number of imidazole rings is 1. The molecule has 0 saturated heterocycles. The van der Waals surface area contributed by atoms with Crippen LogP contribution in [-0.2, 0) is 24.3 Å². The molecule has 5 rings (SSSR count).